The minimum absolute atomic E-state index is 0.0179. The maximum Gasteiger partial charge on any atom is 0.252 e. The molecule has 0 N–H and O–H groups in total. The summed E-state index contributed by atoms with van der Waals surface area (Å²) in [5.41, 5.74) is 20.2. The molecule has 5 heteroatoms. The quantitative estimate of drug-likeness (QED) is 0.175. The van der Waals surface area contributed by atoms with E-state index in [4.69, 9.17) is 0 Å². The number of para-hydroxylation sites is 1. The summed E-state index contributed by atoms with van der Waals surface area (Å²) >= 11 is 0. The number of anilines is 4. The van der Waals surface area contributed by atoms with Crippen LogP contribution in [0.15, 0.2) is 36.4 Å². The molecule has 1 aliphatic carbocycles. The number of hydrogen-bond acceptors (Lipinski definition) is 3. The van der Waals surface area contributed by atoms with Crippen LogP contribution in [0.3, 0.4) is 0 Å². The normalized spacial score (nSPS) is 25.1. The molecular weight excluding hydrogens is 559 g/mol. The Hall–Kier alpha value is -3.34. The van der Waals surface area contributed by atoms with Gasteiger partial charge in [0.15, 0.2) is 0 Å². The van der Waals surface area contributed by atoms with Gasteiger partial charge in [-0.1, -0.05) is 52.8 Å². The van der Waals surface area contributed by atoms with E-state index in [1.165, 1.54) is 109 Å². The fraction of sp³-hybridized carbons (Fsp3) is 0.512. The topological polar surface area (TPSA) is 14.7 Å². The van der Waals surface area contributed by atoms with Crippen molar-refractivity contribution < 1.29 is 0 Å². The second-order valence-corrected chi connectivity index (χ2v) is 17.9. The third-order valence-electron chi connectivity index (χ3n) is 14.4. The molecule has 3 aromatic carbocycles. The maximum absolute atomic E-state index is 2.84. The van der Waals surface area contributed by atoms with Gasteiger partial charge in [0.25, 0.3) is 6.71 Å². The molecule has 7 aliphatic rings. The van der Waals surface area contributed by atoms with Crippen molar-refractivity contribution >= 4 is 56.8 Å². The SMILES string of the molecule is CC(C)(C)c1cc2c3c4c1c1c(n4-c4cc5c(cc4B3c3cccc4c3N2C(C)(C)C4(C)C)N2CCCC23CCCN53)CCCC1. The number of benzene rings is 3. The first kappa shape index (κ1) is 26.7. The van der Waals surface area contributed by atoms with Crippen molar-refractivity contribution in [1.82, 2.24) is 4.57 Å². The van der Waals surface area contributed by atoms with Gasteiger partial charge < -0.3 is 19.3 Å². The first-order valence-corrected chi connectivity index (χ1v) is 18.4. The van der Waals surface area contributed by atoms with Crippen LogP contribution in [-0.2, 0) is 23.7 Å². The second kappa shape index (κ2) is 7.85. The lowest BCUT2D eigenvalue weighted by Gasteiger charge is -2.47. The van der Waals surface area contributed by atoms with Gasteiger partial charge in [0.1, 0.15) is 5.66 Å². The summed E-state index contributed by atoms with van der Waals surface area (Å²) in [7, 11) is 0. The zero-order valence-corrected chi connectivity index (χ0v) is 28.9. The summed E-state index contributed by atoms with van der Waals surface area (Å²) in [6.07, 6.45) is 10.2. The minimum Gasteiger partial charge on any atom is -0.347 e. The van der Waals surface area contributed by atoms with Crippen LogP contribution >= 0.6 is 0 Å². The van der Waals surface area contributed by atoms with Gasteiger partial charge in [0.05, 0.1) is 16.9 Å². The predicted molar refractivity (Wildman–Crippen MR) is 195 cm³/mol. The van der Waals surface area contributed by atoms with Crippen molar-refractivity contribution in [3.05, 3.63) is 58.8 Å². The number of fused-ring (bicyclic) bond motifs is 11. The molecule has 234 valence electrons. The molecule has 11 rings (SSSR count). The average Bonchev–Trinajstić information content (AvgIpc) is 3.79. The lowest BCUT2D eigenvalue weighted by atomic mass is 9.33. The summed E-state index contributed by atoms with van der Waals surface area (Å²) < 4.78 is 2.83. The Balaban J connectivity index is 1.33. The van der Waals surface area contributed by atoms with Crippen LogP contribution in [0.1, 0.15) is 109 Å². The van der Waals surface area contributed by atoms with Gasteiger partial charge in [0, 0.05) is 52.2 Å². The van der Waals surface area contributed by atoms with Crippen LogP contribution in [0, 0.1) is 0 Å². The molecule has 2 saturated heterocycles. The molecular formula is C41H47BN4. The van der Waals surface area contributed by atoms with E-state index in [1.54, 1.807) is 33.1 Å². The van der Waals surface area contributed by atoms with Gasteiger partial charge in [-0.15, -0.1) is 0 Å². The summed E-state index contributed by atoms with van der Waals surface area (Å²) in [5.74, 6) is 0. The average molecular weight is 607 g/mol. The van der Waals surface area contributed by atoms with E-state index in [1.807, 2.05) is 0 Å². The molecule has 0 radical (unpaired) electrons. The fourth-order valence-electron chi connectivity index (χ4n) is 11.8. The Morgan fingerprint density at radius 1 is 0.761 bits per heavy atom. The predicted octanol–water partition coefficient (Wildman–Crippen LogP) is 7.07. The van der Waals surface area contributed by atoms with E-state index in [0.717, 1.165) is 0 Å². The molecule has 6 aliphatic heterocycles. The largest absolute Gasteiger partial charge is 0.347 e. The Kier molecular flexibility index (Phi) is 4.56. The number of aryl methyl sites for hydroxylation is 1. The third kappa shape index (κ3) is 2.67. The molecule has 1 atom stereocenters. The van der Waals surface area contributed by atoms with E-state index in [-0.39, 0.29) is 28.7 Å². The third-order valence-corrected chi connectivity index (χ3v) is 14.4. The van der Waals surface area contributed by atoms with Gasteiger partial charge in [-0.3, -0.25) is 0 Å². The summed E-state index contributed by atoms with van der Waals surface area (Å²) in [4.78, 5) is 8.48. The maximum atomic E-state index is 2.84. The Morgan fingerprint density at radius 2 is 1.48 bits per heavy atom. The zero-order chi connectivity index (χ0) is 31.3. The van der Waals surface area contributed by atoms with E-state index < -0.39 is 0 Å². The van der Waals surface area contributed by atoms with Crippen LogP contribution in [0.5, 0.6) is 0 Å². The van der Waals surface area contributed by atoms with Gasteiger partial charge in [0.2, 0.25) is 0 Å². The molecule has 1 spiro atoms. The first-order valence-electron chi connectivity index (χ1n) is 18.4. The van der Waals surface area contributed by atoms with Gasteiger partial charge in [-0.05, 0) is 122 Å². The monoisotopic (exact) mass is 606 g/mol. The first-order chi connectivity index (χ1) is 22.0. The Bertz CT molecular complexity index is 2090. The molecule has 46 heavy (non-hydrogen) atoms. The number of rotatable bonds is 0. The van der Waals surface area contributed by atoms with Gasteiger partial charge in [-0.2, -0.15) is 0 Å². The molecule has 2 fully saturated rings. The van der Waals surface area contributed by atoms with Crippen molar-refractivity contribution in [3.8, 4) is 5.69 Å². The van der Waals surface area contributed by atoms with Gasteiger partial charge >= 0.3 is 0 Å². The Morgan fingerprint density at radius 3 is 2.22 bits per heavy atom. The summed E-state index contributed by atoms with van der Waals surface area (Å²) in [5, 5.41) is 1.59. The van der Waals surface area contributed by atoms with Crippen LogP contribution in [0.2, 0.25) is 0 Å². The lowest BCUT2D eigenvalue weighted by molar-refractivity contribution is 0.330. The molecule has 0 amide bonds. The molecule has 1 aromatic heterocycles. The Labute approximate surface area is 274 Å². The standard InChI is InChI=1S/C41H47BN4/c1-38(2,3)26-21-33-35-37-34(26)24-13-8-9-16-29(24)45(37)30-23-32-31(43-19-11-17-41(43)18-12-20-44(32)41)22-28(30)42(35)27-15-10-14-25-36(27)46(33)40(6,7)39(25,4)5/h10,14-15,21-23H,8-9,11-13,16-20H2,1-7H3. The smallest absolute Gasteiger partial charge is 0.252 e. The van der Waals surface area contributed by atoms with E-state index in [2.05, 4.69) is 104 Å². The highest BCUT2D eigenvalue weighted by molar-refractivity contribution is 7.00. The molecule has 0 bridgehead atoms. The number of aromatic nitrogens is 1. The van der Waals surface area contributed by atoms with E-state index >= 15 is 0 Å². The fourth-order valence-corrected chi connectivity index (χ4v) is 11.8. The number of hydrogen-bond donors (Lipinski definition) is 0. The summed E-state index contributed by atoms with van der Waals surface area (Å²) in [6, 6.07) is 15.4. The van der Waals surface area contributed by atoms with Crippen molar-refractivity contribution in [3.63, 3.8) is 0 Å². The van der Waals surface area contributed by atoms with Crippen molar-refractivity contribution in [1.29, 1.82) is 0 Å². The van der Waals surface area contributed by atoms with E-state index in [9.17, 15) is 0 Å². The van der Waals surface area contributed by atoms with Crippen LogP contribution in [0.4, 0.5) is 22.7 Å². The molecule has 4 aromatic rings. The van der Waals surface area contributed by atoms with Crippen molar-refractivity contribution in [2.75, 3.05) is 27.8 Å². The van der Waals surface area contributed by atoms with Crippen LogP contribution in [-0.4, -0.2) is 35.6 Å². The molecule has 0 saturated carbocycles. The highest BCUT2D eigenvalue weighted by Crippen LogP contribution is 2.59. The van der Waals surface area contributed by atoms with Crippen LogP contribution in [0.25, 0.3) is 16.6 Å². The summed E-state index contributed by atoms with van der Waals surface area (Å²) in [6.45, 7) is 20.0. The molecule has 4 nitrogen and oxygen atoms in total. The zero-order valence-electron chi connectivity index (χ0n) is 28.9. The number of nitrogens with zero attached hydrogens (tertiary/aromatic N) is 4. The van der Waals surface area contributed by atoms with E-state index in [0.29, 0.717) is 0 Å². The molecule has 7 heterocycles. The van der Waals surface area contributed by atoms with Crippen molar-refractivity contribution in [2.45, 2.75) is 122 Å². The van der Waals surface area contributed by atoms with Gasteiger partial charge in [-0.25, -0.2) is 0 Å². The minimum atomic E-state index is -0.0579. The highest BCUT2D eigenvalue weighted by Gasteiger charge is 2.58. The van der Waals surface area contributed by atoms with Crippen LogP contribution < -0.4 is 31.1 Å². The van der Waals surface area contributed by atoms with Crippen molar-refractivity contribution in [2.24, 2.45) is 0 Å². The lowest BCUT2D eigenvalue weighted by Crippen LogP contribution is -2.63. The second-order valence-electron chi connectivity index (χ2n) is 17.9. The molecule has 1 unspecified atom stereocenters. The highest BCUT2D eigenvalue weighted by atomic mass is 15.5.